The number of nitrogens with two attached hydrogens (primary N) is 1. The van der Waals surface area contributed by atoms with Crippen molar-refractivity contribution in [3.05, 3.63) is 0 Å². The van der Waals surface area contributed by atoms with Crippen LogP contribution >= 0.6 is 0 Å². The topological polar surface area (TPSA) is 55.1 Å². The molecule has 2 atom stereocenters. The summed E-state index contributed by atoms with van der Waals surface area (Å²) >= 11 is 0. The first-order chi connectivity index (χ1) is 6.80. The summed E-state index contributed by atoms with van der Waals surface area (Å²) in [6.07, 6.45) is 1.80. The van der Waals surface area contributed by atoms with Gasteiger partial charge in [-0.1, -0.05) is 27.7 Å². The maximum Gasteiger partial charge on any atom is 0.224 e. The Kier molecular flexibility index (Phi) is 5.88. The third-order valence-electron chi connectivity index (χ3n) is 2.52. The molecule has 0 saturated carbocycles. The zero-order valence-electron chi connectivity index (χ0n) is 10.8. The fraction of sp³-hybridized carbons (Fsp3) is 0.917. The smallest absolute Gasteiger partial charge is 0.224 e. The Morgan fingerprint density at radius 2 is 1.93 bits per heavy atom. The maximum absolute atomic E-state index is 11.8. The Bertz CT molecular complexity index is 196. The maximum atomic E-state index is 11.8. The van der Waals surface area contributed by atoms with E-state index in [1.54, 1.807) is 0 Å². The Morgan fingerprint density at radius 1 is 1.40 bits per heavy atom. The number of rotatable bonds is 5. The van der Waals surface area contributed by atoms with E-state index >= 15 is 0 Å². The van der Waals surface area contributed by atoms with Gasteiger partial charge in [0, 0.05) is 12.6 Å². The van der Waals surface area contributed by atoms with E-state index in [-0.39, 0.29) is 23.3 Å². The Hall–Kier alpha value is -0.570. The lowest BCUT2D eigenvalue weighted by molar-refractivity contribution is -0.126. The van der Waals surface area contributed by atoms with Gasteiger partial charge in [-0.15, -0.1) is 0 Å². The molecule has 0 aromatic carbocycles. The molecular formula is C12H26N2O. The van der Waals surface area contributed by atoms with Crippen molar-refractivity contribution in [3.63, 3.8) is 0 Å². The second kappa shape index (κ2) is 6.11. The van der Waals surface area contributed by atoms with Crippen LogP contribution in [0.25, 0.3) is 0 Å². The number of hydrogen-bond acceptors (Lipinski definition) is 2. The van der Waals surface area contributed by atoms with Crippen LogP contribution in [0, 0.1) is 11.3 Å². The SMILES string of the molecule is CCC(C)NC(=O)C(CN)CC(C)(C)C. The Balaban J connectivity index is 4.23. The van der Waals surface area contributed by atoms with Gasteiger partial charge < -0.3 is 11.1 Å². The first kappa shape index (κ1) is 14.4. The van der Waals surface area contributed by atoms with E-state index in [9.17, 15) is 4.79 Å². The van der Waals surface area contributed by atoms with Gasteiger partial charge in [-0.2, -0.15) is 0 Å². The van der Waals surface area contributed by atoms with Crippen LogP contribution in [0.4, 0.5) is 0 Å². The first-order valence-electron chi connectivity index (χ1n) is 5.80. The summed E-state index contributed by atoms with van der Waals surface area (Å²) in [7, 11) is 0. The molecule has 0 aromatic heterocycles. The highest BCUT2D eigenvalue weighted by molar-refractivity contribution is 5.79. The standard InChI is InChI=1S/C12H26N2O/c1-6-9(2)14-11(15)10(8-13)7-12(3,4)5/h9-10H,6-8,13H2,1-5H3,(H,14,15). The molecule has 0 spiro atoms. The van der Waals surface area contributed by atoms with E-state index in [0.29, 0.717) is 6.54 Å². The van der Waals surface area contributed by atoms with Crippen LogP contribution in [0.3, 0.4) is 0 Å². The number of hydrogen-bond donors (Lipinski definition) is 2. The Morgan fingerprint density at radius 3 is 2.27 bits per heavy atom. The molecule has 1 amide bonds. The molecule has 0 fully saturated rings. The van der Waals surface area contributed by atoms with Gasteiger partial charge >= 0.3 is 0 Å². The van der Waals surface area contributed by atoms with Gasteiger partial charge in [0.15, 0.2) is 0 Å². The van der Waals surface area contributed by atoms with Crippen molar-refractivity contribution >= 4 is 5.91 Å². The molecule has 3 heteroatoms. The largest absolute Gasteiger partial charge is 0.353 e. The van der Waals surface area contributed by atoms with Crippen molar-refractivity contribution in [2.24, 2.45) is 17.1 Å². The van der Waals surface area contributed by atoms with Crippen LogP contribution in [0.2, 0.25) is 0 Å². The quantitative estimate of drug-likeness (QED) is 0.734. The number of amides is 1. The van der Waals surface area contributed by atoms with Gasteiger partial charge in [0.1, 0.15) is 0 Å². The van der Waals surface area contributed by atoms with Crippen molar-refractivity contribution in [3.8, 4) is 0 Å². The lowest BCUT2D eigenvalue weighted by atomic mass is 9.84. The molecule has 15 heavy (non-hydrogen) atoms. The Labute approximate surface area is 93.8 Å². The molecule has 0 aliphatic carbocycles. The average molecular weight is 214 g/mol. The van der Waals surface area contributed by atoms with Gasteiger partial charge in [0.2, 0.25) is 5.91 Å². The summed E-state index contributed by atoms with van der Waals surface area (Å²) in [6.45, 7) is 10.9. The number of carbonyl (C=O) groups is 1. The van der Waals surface area contributed by atoms with Crippen LogP contribution in [-0.4, -0.2) is 18.5 Å². The lowest BCUT2D eigenvalue weighted by Gasteiger charge is -2.25. The monoisotopic (exact) mass is 214 g/mol. The highest BCUT2D eigenvalue weighted by atomic mass is 16.1. The van der Waals surface area contributed by atoms with E-state index < -0.39 is 0 Å². The molecule has 0 radical (unpaired) electrons. The normalized spacial score (nSPS) is 15.9. The minimum atomic E-state index is -0.0565. The van der Waals surface area contributed by atoms with Crippen LogP contribution < -0.4 is 11.1 Å². The van der Waals surface area contributed by atoms with Crippen LogP contribution in [0.5, 0.6) is 0 Å². The highest BCUT2D eigenvalue weighted by Crippen LogP contribution is 2.24. The van der Waals surface area contributed by atoms with Crippen molar-refractivity contribution < 1.29 is 4.79 Å². The van der Waals surface area contributed by atoms with Gasteiger partial charge in [0.25, 0.3) is 0 Å². The average Bonchev–Trinajstić information content (AvgIpc) is 2.12. The van der Waals surface area contributed by atoms with Crippen molar-refractivity contribution in [1.29, 1.82) is 0 Å². The zero-order chi connectivity index (χ0) is 12.1. The number of carbonyl (C=O) groups excluding carboxylic acids is 1. The predicted molar refractivity (Wildman–Crippen MR) is 64.5 cm³/mol. The molecule has 3 nitrogen and oxygen atoms in total. The highest BCUT2D eigenvalue weighted by Gasteiger charge is 2.24. The van der Waals surface area contributed by atoms with Crippen LogP contribution in [-0.2, 0) is 4.79 Å². The van der Waals surface area contributed by atoms with Gasteiger partial charge in [0.05, 0.1) is 5.92 Å². The molecule has 0 aliphatic heterocycles. The van der Waals surface area contributed by atoms with Gasteiger partial charge in [-0.05, 0) is 25.2 Å². The minimum absolute atomic E-state index is 0.0565. The molecule has 2 unspecified atom stereocenters. The third-order valence-corrected chi connectivity index (χ3v) is 2.52. The van der Waals surface area contributed by atoms with Gasteiger partial charge in [-0.3, -0.25) is 4.79 Å². The minimum Gasteiger partial charge on any atom is -0.353 e. The van der Waals surface area contributed by atoms with E-state index in [0.717, 1.165) is 12.8 Å². The first-order valence-corrected chi connectivity index (χ1v) is 5.80. The van der Waals surface area contributed by atoms with Crippen molar-refractivity contribution in [2.75, 3.05) is 6.54 Å². The fourth-order valence-corrected chi connectivity index (χ4v) is 1.49. The van der Waals surface area contributed by atoms with E-state index in [1.165, 1.54) is 0 Å². The van der Waals surface area contributed by atoms with E-state index in [1.807, 2.05) is 6.92 Å². The lowest BCUT2D eigenvalue weighted by Crippen LogP contribution is -2.41. The molecule has 0 aromatic rings. The van der Waals surface area contributed by atoms with Crippen LogP contribution in [0.1, 0.15) is 47.5 Å². The van der Waals surface area contributed by atoms with Crippen molar-refractivity contribution in [2.45, 2.75) is 53.5 Å². The fourth-order valence-electron chi connectivity index (χ4n) is 1.49. The molecule has 0 rings (SSSR count). The molecule has 0 heterocycles. The summed E-state index contributed by atoms with van der Waals surface area (Å²) in [5, 5.41) is 2.98. The summed E-state index contributed by atoms with van der Waals surface area (Å²) in [4.78, 5) is 11.8. The summed E-state index contributed by atoms with van der Waals surface area (Å²) < 4.78 is 0. The molecule has 0 aliphatic rings. The zero-order valence-corrected chi connectivity index (χ0v) is 10.8. The molecule has 0 saturated heterocycles. The van der Waals surface area contributed by atoms with Crippen molar-refractivity contribution in [1.82, 2.24) is 5.32 Å². The van der Waals surface area contributed by atoms with Gasteiger partial charge in [-0.25, -0.2) is 0 Å². The predicted octanol–water partition coefficient (Wildman–Crippen LogP) is 1.91. The summed E-state index contributed by atoms with van der Waals surface area (Å²) in [5.41, 5.74) is 5.79. The third kappa shape index (κ3) is 6.50. The second-order valence-corrected chi connectivity index (χ2v) is 5.52. The van der Waals surface area contributed by atoms with Crippen LogP contribution in [0.15, 0.2) is 0 Å². The molecule has 3 N–H and O–H groups in total. The number of nitrogens with one attached hydrogen (secondary N) is 1. The van der Waals surface area contributed by atoms with E-state index in [4.69, 9.17) is 5.73 Å². The van der Waals surface area contributed by atoms with E-state index in [2.05, 4.69) is 33.0 Å². The summed E-state index contributed by atoms with van der Waals surface area (Å²) in [6, 6.07) is 0.242. The molecule has 0 bridgehead atoms. The second-order valence-electron chi connectivity index (χ2n) is 5.52. The summed E-state index contributed by atoms with van der Waals surface area (Å²) in [5.74, 6) is 0.0424. The molecular weight excluding hydrogens is 188 g/mol. The molecule has 90 valence electrons.